The Labute approximate surface area is 160 Å². The summed E-state index contributed by atoms with van der Waals surface area (Å²) < 4.78 is 0. The van der Waals surface area contributed by atoms with Crippen LogP contribution < -0.4 is 5.32 Å². The van der Waals surface area contributed by atoms with Crippen LogP contribution in [0.5, 0.6) is 0 Å². The molecule has 3 aromatic rings. The molecule has 136 valence electrons. The van der Waals surface area contributed by atoms with E-state index in [2.05, 4.69) is 57.7 Å². The van der Waals surface area contributed by atoms with E-state index in [1.54, 1.807) is 6.20 Å². The van der Waals surface area contributed by atoms with Gasteiger partial charge in [-0.2, -0.15) is 5.10 Å². The molecule has 1 aliphatic carbocycles. The molecule has 0 radical (unpaired) electrons. The van der Waals surface area contributed by atoms with Gasteiger partial charge in [-0.3, -0.25) is 5.10 Å². The third-order valence-electron chi connectivity index (χ3n) is 4.25. The summed E-state index contributed by atoms with van der Waals surface area (Å²) >= 11 is 0. The highest BCUT2D eigenvalue weighted by atomic mass is 28.3. The quantitative estimate of drug-likeness (QED) is 0.513. The summed E-state index contributed by atoms with van der Waals surface area (Å²) in [5, 5.41) is 10.9. The lowest BCUT2D eigenvalue weighted by molar-refractivity contribution is 0.966. The molecule has 1 saturated carbocycles. The summed E-state index contributed by atoms with van der Waals surface area (Å²) in [6, 6.07) is 12.0. The van der Waals surface area contributed by atoms with Crippen LogP contribution in [0, 0.1) is 11.5 Å². The molecule has 2 heterocycles. The largest absolute Gasteiger partial charge is 0.322 e. The Balaban J connectivity index is 1.70. The summed E-state index contributed by atoms with van der Waals surface area (Å²) in [6.07, 6.45) is 4.28. The van der Waals surface area contributed by atoms with Crippen LogP contribution >= 0.6 is 0 Å². The molecule has 0 spiro atoms. The summed E-state index contributed by atoms with van der Waals surface area (Å²) in [7, 11) is -1.50. The van der Waals surface area contributed by atoms with Crippen molar-refractivity contribution in [1.29, 1.82) is 0 Å². The number of aromatic amines is 1. The van der Waals surface area contributed by atoms with Gasteiger partial charge < -0.3 is 5.32 Å². The van der Waals surface area contributed by atoms with Gasteiger partial charge >= 0.3 is 0 Å². The van der Waals surface area contributed by atoms with E-state index in [9.17, 15) is 0 Å². The summed E-state index contributed by atoms with van der Waals surface area (Å²) in [6.45, 7) is 6.67. The molecule has 0 aliphatic heterocycles. The lowest BCUT2D eigenvalue weighted by atomic mass is 10.2. The second-order valence-electron chi connectivity index (χ2n) is 7.93. The molecule has 4 rings (SSSR count). The number of nitrogens with one attached hydrogen (secondary N) is 2. The number of rotatable bonds is 4. The molecule has 1 aliphatic rings. The van der Waals surface area contributed by atoms with Gasteiger partial charge in [-0.15, -0.1) is 5.54 Å². The fraction of sp³-hybridized carbons (Fsp3) is 0.286. The van der Waals surface area contributed by atoms with Crippen molar-refractivity contribution in [2.45, 2.75) is 38.4 Å². The van der Waals surface area contributed by atoms with E-state index in [4.69, 9.17) is 4.98 Å². The van der Waals surface area contributed by atoms with E-state index in [1.165, 1.54) is 18.5 Å². The number of benzene rings is 1. The summed E-state index contributed by atoms with van der Waals surface area (Å²) in [4.78, 5) is 9.27. The highest BCUT2D eigenvalue weighted by Crippen LogP contribution is 2.39. The highest BCUT2D eigenvalue weighted by Gasteiger charge is 2.25. The molecule has 2 aromatic heterocycles. The summed E-state index contributed by atoms with van der Waals surface area (Å²) in [5.41, 5.74) is 6.36. The zero-order valence-corrected chi connectivity index (χ0v) is 16.9. The minimum Gasteiger partial charge on any atom is -0.322 e. The number of H-pyrrole nitrogens is 1. The Bertz CT molecular complexity index is 1000. The van der Waals surface area contributed by atoms with Gasteiger partial charge in [-0.25, -0.2) is 9.97 Å². The van der Waals surface area contributed by atoms with Crippen LogP contribution in [0.25, 0.3) is 11.4 Å². The predicted molar refractivity (Wildman–Crippen MR) is 112 cm³/mol. The molecule has 0 atom stereocenters. The van der Waals surface area contributed by atoms with Gasteiger partial charge in [0.25, 0.3) is 0 Å². The topological polar surface area (TPSA) is 66.5 Å². The van der Waals surface area contributed by atoms with Crippen molar-refractivity contribution in [1.82, 2.24) is 20.2 Å². The van der Waals surface area contributed by atoms with Crippen molar-refractivity contribution >= 4 is 19.7 Å². The third kappa shape index (κ3) is 4.44. The minimum absolute atomic E-state index is 0.629. The molecule has 1 fully saturated rings. The van der Waals surface area contributed by atoms with E-state index in [1.807, 2.05) is 30.3 Å². The van der Waals surface area contributed by atoms with Crippen LogP contribution in [0.1, 0.15) is 30.0 Å². The molecule has 0 amide bonds. The standard InChI is InChI=1S/C21H23N5Si/c1-27(2,3)12-11-17-14-22-20(16-7-5-4-6-8-16)24-21(17)23-19-13-18(25-26-19)15-9-10-15/h4-8,13-15H,9-10H2,1-3H3,(H2,22,23,24,25,26). The lowest BCUT2D eigenvalue weighted by Crippen LogP contribution is -2.16. The van der Waals surface area contributed by atoms with E-state index in [0.29, 0.717) is 17.6 Å². The minimum atomic E-state index is -1.50. The zero-order chi connectivity index (χ0) is 18.9. The molecule has 0 unspecified atom stereocenters. The monoisotopic (exact) mass is 373 g/mol. The number of aromatic nitrogens is 4. The summed E-state index contributed by atoms with van der Waals surface area (Å²) in [5.74, 6) is 6.05. The fourth-order valence-electron chi connectivity index (χ4n) is 2.68. The van der Waals surface area contributed by atoms with Crippen molar-refractivity contribution in [3.63, 3.8) is 0 Å². The van der Waals surface area contributed by atoms with Crippen LogP contribution in [0.2, 0.25) is 19.6 Å². The van der Waals surface area contributed by atoms with Crippen molar-refractivity contribution in [2.75, 3.05) is 5.32 Å². The van der Waals surface area contributed by atoms with E-state index >= 15 is 0 Å². The SMILES string of the molecule is C[Si](C)(C)C#Cc1cnc(-c2ccccc2)nc1Nc1cc(C2CC2)[nH]n1. The van der Waals surface area contributed by atoms with Crippen LogP contribution in [0.3, 0.4) is 0 Å². The first kappa shape index (κ1) is 17.5. The maximum absolute atomic E-state index is 4.75. The number of anilines is 2. The fourth-order valence-corrected chi connectivity index (χ4v) is 3.18. The molecule has 27 heavy (non-hydrogen) atoms. The van der Waals surface area contributed by atoms with Crippen molar-refractivity contribution in [3.8, 4) is 22.9 Å². The number of hydrogen-bond donors (Lipinski definition) is 2. The molecule has 0 bridgehead atoms. The Kier molecular flexibility index (Phi) is 4.54. The van der Waals surface area contributed by atoms with Gasteiger partial charge in [0.05, 0.1) is 5.56 Å². The Morgan fingerprint density at radius 1 is 1.15 bits per heavy atom. The first-order chi connectivity index (χ1) is 13.0. The number of hydrogen-bond acceptors (Lipinski definition) is 4. The Morgan fingerprint density at radius 3 is 2.63 bits per heavy atom. The second-order valence-corrected chi connectivity index (χ2v) is 12.7. The van der Waals surface area contributed by atoms with E-state index in [0.717, 1.165) is 16.9 Å². The lowest BCUT2D eigenvalue weighted by Gasteiger charge is -2.08. The van der Waals surface area contributed by atoms with Crippen molar-refractivity contribution in [2.24, 2.45) is 0 Å². The molecule has 2 N–H and O–H groups in total. The molecule has 1 aromatic carbocycles. The molecule has 5 nitrogen and oxygen atoms in total. The zero-order valence-electron chi connectivity index (χ0n) is 15.9. The van der Waals surface area contributed by atoms with Gasteiger partial charge in [-0.1, -0.05) is 55.9 Å². The van der Waals surface area contributed by atoms with Gasteiger partial charge in [0, 0.05) is 29.4 Å². The van der Waals surface area contributed by atoms with E-state index < -0.39 is 8.07 Å². The molecule has 0 saturated heterocycles. The van der Waals surface area contributed by atoms with Crippen molar-refractivity contribution in [3.05, 3.63) is 53.9 Å². The van der Waals surface area contributed by atoms with Crippen LogP contribution in [-0.4, -0.2) is 28.2 Å². The van der Waals surface area contributed by atoms with Crippen molar-refractivity contribution < 1.29 is 0 Å². The van der Waals surface area contributed by atoms with Crippen LogP contribution in [-0.2, 0) is 0 Å². The number of nitrogens with zero attached hydrogens (tertiary/aromatic N) is 3. The van der Waals surface area contributed by atoms with E-state index in [-0.39, 0.29) is 0 Å². The maximum Gasteiger partial charge on any atom is 0.161 e. The maximum atomic E-state index is 4.75. The van der Waals surface area contributed by atoms with Gasteiger partial charge in [0.1, 0.15) is 8.07 Å². The Hall–Kier alpha value is -2.91. The normalized spacial score (nSPS) is 13.7. The third-order valence-corrected chi connectivity index (χ3v) is 5.13. The molecular weight excluding hydrogens is 350 g/mol. The first-order valence-electron chi connectivity index (χ1n) is 9.26. The van der Waals surface area contributed by atoms with Gasteiger partial charge in [0.2, 0.25) is 0 Å². The smallest absolute Gasteiger partial charge is 0.161 e. The predicted octanol–water partition coefficient (Wildman–Crippen LogP) is 4.72. The molecule has 6 heteroatoms. The second kappa shape index (κ2) is 7.01. The Morgan fingerprint density at radius 2 is 1.93 bits per heavy atom. The first-order valence-corrected chi connectivity index (χ1v) is 12.8. The molecular formula is C21H23N5Si. The van der Waals surface area contributed by atoms with Crippen LogP contribution in [0.4, 0.5) is 11.6 Å². The highest BCUT2D eigenvalue weighted by molar-refractivity contribution is 6.83. The van der Waals surface area contributed by atoms with Gasteiger partial charge in [0.15, 0.2) is 17.5 Å². The van der Waals surface area contributed by atoms with Crippen LogP contribution in [0.15, 0.2) is 42.6 Å². The average Bonchev–Trinajstić information content (AvgIpc) is 3.40. The average molecular weight is 374 g/mol. The van der Waals surface area contributed by atoms with Gasteiger partial charge in [-0.05, 0) is 12.8 Å².